The van der Waals surface area contributed by atoms with Crippen LogP contribution in [0.2, 0.25) is 0 Å². The number of hydrogen-bond acceptors (Lipinski definition) is 0. The third-order valence-electron chi connectivity index (χ3n) is 2.43. The molecule has 1 aromatic rings. The molecular formula is C12H15N. The van der Waals surface area contributed by atoms with Crippen LogP contribution in [0.1, 0.15) is 19.3 Å². The van der Waals surface area contributed by atoms with E-state index >= 15 is 0 Å². The maximum absolute atomic E-state index is 2.25. The van der Waals surface area contributed by atoms with Crippen molar-refractivity contribution < 1.29 is 0 Å². The molecule has 0 N–H and O–H groups in total. The Labute approximate surface area is 79.4 Å². The molecule has 13 heavy (non-hydrogen) atoms. The Kier molecular flexibility index (Phi) is 2.65. The zero-order valence-electron chi connectivity index (χ0n) is 7.82. The summed E-state index contributed by atoms with van der Waals surface area (Å²) in [7, 11) is 0. The van der Waals surface area contributed by atoms with Crippen molar-refractivity contribution in [2.24, 2.45) is 0 Å². The van der Waals surface area contributed by atoms with E-state index in [1.165, 1.54) is 19.3 Å². The van der Waals surface area contributed by atoms with Crippen LogP contribution in [0.3, 0.4) is 0 Å². The van der Waals surface area contributed by atoms with Gasteiger partial charge in [-0.2, -0.15) is 0 Å². The minimum atomic E-state index is 1.14. The van der Waals surface area contributed by atoms with E-state index in [4.69, 9.17) is 0 Å². The molecule has 0 amide bonds. The molecule has 1 aromatic heterocycles. The van der Waals surface area contributed by atoms with Crippen molar-refractivity contribution >= 4 is 0 Å². The summed E-state index contributed by atoms with van der Waals surface area (Å²) in [5.41, 5.74) is 1.58. The molecule has 0 saturated heterocycles. The number of aryl methyl sites for hydroxylation is 1. The van der Waals surface area contributed by atoms with Crippen molar-refractivity contribution in [3.05, 3.63) is 48.3 Å². The lowest BCUT2D eigenvalue weighted by Crippen LogP contribution is -1.94. The fourth-order valence-electron chi connectivity index (χ4n) is 1.68. The first-order valence-corrected chi connectivity index (χ1v) is 4.90. The Morgan fingerprint density at radius 2 is 2.08 bits per heavy atom. The van der Waals surface area contributed by atoms with Crippen LogP contribution in [0, 0.1) is 0 Å². The van der Waals surface area contributed by atoms with E-state index in [1.807, 2.05) is 0 Å². The van der Waals surface area contributed by atoms with E-state index in [0.717, 1.165) is 6.54 Å². The third kappa shape index (κ3) is 2.35. The largest absolute Gasteiger partial charge is 0.354 e. The van der Waals surface area contributed by atoms with E-state index in [2.05, 4.69) is 47.3 Å². The summed E-state index contributed by atoms with van der Waals surface area (Å²) < 4.78 is 2.24. The van der Waals surface area contributed by atoms with Gasteiger partial charge in [0.15, 0.2) is 0 Å². The summed E-state index contributed by atoms with van der Waals surface area (Å²) in [6.45, 7) is 1.14. The van der Waals surface area contributed by atoms with Crippen LogP contribution in [-0.2, 0) is 6.54 Å². The van der Waals surface area contributed by atoms with Gasteiger partial charge in [0.1, 0.15) is 0 Å². The van der Waals surface area contributed by atoms with Crippen LogP contribution >= 0.6 is 0 Å². The smallest absolute Gasteiger partial charge is 0.0222 e. The second-order valence-electron chi connectivity index (χ2n) is 3.48. The zero-order valence-corrected chi connectivity index (χ0v) is 7.82. The first-order chi connectivity index (χ1) is 6.45. The van der Waals surface area contributed by atoms with Gasteiger partial charge < -0.3 is 4.57 Å². The van der Waals surface area contributed by atoms with Crippen LogP contribution in [0.25, 0.3) is 0 Å². The average Bonchev–Trinajstić information content (AvgIpc) is 2.75. The van der Waals surface area contributed by atoms with E-state index in [0.29, 0.717) is 0 Å². The highest BCUT2D eigenvalue weighted by atomic mass is 14.9. The predicted octanol–water partition coefficient (Wildman–Crippen LogP) is 3.15. The van der Waals surface area contributed by atoms with Gasteiger partial charge in [-0.05, 0) is 31.4 Å². The van der Waals surface area contributed by atoms with Crippen molar-refractivity contribution in [3.8, 4) is 0 Å². The lowest BCUT2D eigenvalue weighted by atomic mass is 10.1. The summed E-state index contributed by atoms with van der Waals surface area (Å²) >= 11 is 0. The molecule has 1 nitrogen and oxygen atoms in total. The highest BCUT2D eigenvalue weighted by Gasteiger charge is 1.98. The first-order valence-electron chi connectivity index (χ1n) is 4.90. The molecule has 0 unspecified atom stereocenters. The van der Waals surface area contributed by atoms with Crippen LogP contribution < -0.4 is 0 Å². The van der Waals surface area contributed by atoms with E-state index in [-0.39, 0.29) is 0 Å². The lowest BCUT2D eigenvalue weighted by Gasteiger charge is -2.03. The van der Waals surface area contributed by atoms with Crippen LogP contribution in [0.4, 0.5) is 0 Å². The minimum absolute atomic E-state index is 1.14. The highest BCUT2D eigenvalue weighted by Crippen LogP contribution is 2.16. The molecule has 0 saturated carbocycles. The molecule has 0 fully saturated rings. The summed E-state index contributed by atoms with van der Waals surface area (Å²) in [5.74, 6) is 0. The van der Waals surface area contributed by atoms with Gasteiger partial charge in [0.05, 0.1) is 0 Å². The molecule has 1 heteroatoms. The Hall–Kier alpha value is -1.24. The molecular weight excluding hydrogens is 158 g/mol. The molecule has 1 heterocycles. The van der Waals surface area contributed by atoms with Crippen LogP contribution in [-0.4, -0.2) is 4.57 Å². The maximum atomic E-state index is 2.25. The number of rotatable bonds is 4. The summed E-state index contributed by atoms with van der Waals surface area (Å²) in [5, 5.41) is 0. The average molecular weight is 173 g/mol. The molecule has 0 bridgehead atoms. The normalized spacial score (nSPS) is 14.9. The van der Waals surface area contributed by atoms with Gasteiger partial charge in [-0.1, -0.05) is 23.8 Å². The summed E-state index contributed by atoms with van der Waals surface area (Å²) in [6, 6.07) is 4.16. The van der Waals surface area contributed by atoms with Crippen molar-refractivity contribution in [1.82, 2.24) is 4.57 Å². The summed E-state index contributed by atoms with van der Waals surface area (Å²) in [6.07, 6.45) is 14.5. The second-order valence-corrected chi connectivity index (χ2v) is 3.48. The second kappa shape index (κ2) is 4.13. The molecule has 0 atom stereocenters. The molecule has 0 spiro atoms. The Bertz CT molecular complexity index is 304. The number of nitrogens with zero attached hydrogens (tertiary/aromatic N) is 1. The minimum Gasteiger partial charge on any atom is -0.354 e. The molecule has 1 aliphatic carbocycles. The Morgan fingerprint density at radius 3 is 2.77 bits per heavy atom. The predicted molar refractivity (Wildman–Crippen MR) is 55.5 cm³/mol. The molecule has 1 aliphatic rings. The van der Waals surface area contributed by atoms with Gasteiger partial charge in [-0.3, -0.25) is 0 Å². The SMILES string of the molecule is C1=CCC(CCCn2cccc2)=C1. The number of hydrogen-bond donors (Lipinski definition) is 0. The van der Waals surface area contributed by atoms with Gasteiger partial charge in [0.25, 0.3) is 0 Å². The Balaban J connectivity index is 1.70. The standard InChI is InChI=1S/C12H15N/c1-2-7-12(6-1)8-5-11-13-9-3-4-10-13/h1-4,6,9-10H,5,7-8,11H2. The zero-order chi connectivity index (χ0) is 8.93. The van der Waals surface area contributed by atoms with Crippen molar-refractivity contribution in [2.45, 2.75) is 25.8 Å². The molecule has 0 radical (unpaired) electrons. The van der Waals surface area contributed by atoms with Gasteiger partial charge in [-0.25, -0.2) is 0 Å². The van der Waals surface area contributed by atoms with E-state index in [9.17, 15) is 0 Å². The third-order valence-corrected chi connectivity index (χ3v) is 2.43. The van der Waals surface area contributed by atoms with Gasteiger partial charge in [-0.15, -0.1) is 0 Å². The van der Waals surface area contributed by atoms with E-state index < -0.39 is 0 Å². The highest BCUT2D eigenvalue weighted by molar-refractivity contribution is 5.22. The fraction of sp³-hybridized carbons (Fsp3) is 0.333. The van der Waals surface area contributed by atoms with Crippen LogP contribution in [0.15, 0.2) is 48.3 Å². The van der Waals surface area contributed by atoms with E-state index in [1.54, 1.807) is 5.57 Å². The fourth-order valence-corrected chi connectivity index (χ4v) is 1.68. The number of allylic oxidation sites excluding steroid dienone is 4. The summed E-state index contributed by atoms with van der Waals surface area (Å²) in [4.78, 5) is 0. The molecule has 2 rings (SSSR count). The molecule has 0 aromatic carbocycles. The quantitative estimate of drug-likeness (QED) is 0.659. The Morgan fingerprint density at radius 1 is 1.23 bits per heavy atom. The first kappa shape index (κ1) is 8.36. The van der Waals surface area contributed by atoms with Crippen molar-refractivity contribution in [3.63, 3.8) is 0 Å². The van der Waals surface area contributed by atoms with Gasteiger partial charge >= 0.3 is 0 Å². The molecule has 0 aliphatic heterocycles. The molecule has 68 valence electrons. The van der Waals surface area contributed by atoms with Crippen molar-refractivity contribution in [1.29, 1.82) is 0 Å². The van der Waals surface area contributed by atoms with Gasteiger partial charge in [0.2, 0.25) is 0 Å². The lowest BCUT2D eigenvalue weighted by molar-refractivity contribution is 0.640. The van der Waals surface area contributed by atoms with Crippen LogP contribution in [0.5, 0.6) is 0 Å². The monoisotopic (exact) mass is 173 g/mol. The number of aromatic nitrogens is 1. The van der Waals surface area contributed by atoms with Gasteiger partial charge in [0, 0.05) is 18.9 Å². The van der Waals surface area contributed by atoms with Crippen molar-refractivity contribution in [2.75, 3.05) is 0 Å². The maximum Gasteiger partial charge on any atom is 0.0222 e. The topological polar surface area (TPSA) is 4.93 Å².